The summed E-state index contributed by atoms with van der Waals surface area (Å²) in [6.45, 7) is 11.3. The van der Waals surface area contributed by atoms with Crippen LogP contribution in [0.1, 0.15) is 59.9 Å². The number of likely N-dealkylation sites (tertiary alicyclic amines) is 1. The first-order valence-electron chi connectivity index (χ1n) is 13.8. The van der Waals surface area contributed by atoms with Crippen molar-refractivity contribution < 1.29 is 28.3 Å². The fraction of sp³-hybridized carbons (Fsp3) is 0.516. The standard InChI is InChI=1S/C31H37Cl2F2N3O4/c1-18(26(41)37(20-10-8-7-9-11-20)16-29(5,6)28(2,3)4)23-14-30(34,35)17-38(23)31(15-24(39)40)21-12-19(32)13-22(33)25(21)36-27(31)42/h7-13,18,23H,14-17H2,1-6H3,(H,36,42)(H,39,40)/t18-,23-,31-/m1/s1. The molecule has 11 heteroatoms. The number of aliphatic carboxylic acids is 1. The van der Waals surface area contributed by atoms with Crippen LogP contribution in [-0.2, 0) is 19.9 Å². The van der Waals surface area contributed by atoms with Crippen molar-refractivity contribution in [3.8, 4) is 0 Å². The quantitative estimate of drug-likeness (QED) is 0.328. The molecular formula is C31H37Cl2F2N3O4. The Bertz CT molecular complexity index is 1400. The highest BCUT2D eigenvalue weighted by Gasteiger charge is 2.62. The minimum atomic E-state index is -3.29. The lowest BCUT2D eigenvalue weighted by Crippen LogP contribution is -2.58. The smallest absolute Gasteiger partial charge is 0.306 e. The van der Waals surface area contributed by atoms with Crippen molar-refractivity contribution in [3.05, 3.63) is 58.1 Å². The van der Waals surface area contributed by atoms with Crippen molar-refractivity contribution in [1.82, 2.24) is 4.90 Å². The van der Waals surface area contributed by atoms with Gasteiger partial charge in [0.05, 0.1) is 29.6 Å². The van der Waals surface area contributed by atoms with Crippen molar-refractivity contribution in [2.45, 2.75) is 71.9 Å². The second kappa shape index (κ2) is 11.1. The third kappa shape index (κ3) is 5.75. The zero-order valence-corrected chi connectivity index (χ0v) is 26.1. The number of nitrogens with zero attached hydrogens (tertiary/aromatic N) is 2. The number of carbonyl (C=O) groups is 3. The van der Waals surface area contributed by atoms with E-state index in [4.69, 9.17) is 23.2 Å². The third-order valence-electron chi connectivity index (χ3n) is 9.21. The predicted octanol–water partition coefficient (Wildman–Crippen LogP) is 7.07. The molecule has 7 nitrogen and oxygen atoms in total. The highest BCUT2D eigenvalue weighted by molar-refractivity contribution is 6.38. The van der Waals surface area contributed by atoms with Gasteiger partial charge in [0.15, 0.2) is 0 Å². The molecule has 1 fully saturated rings. The lowest BCUT2D eigenvalue weighted by atomic mass is 9.69. The molecular weight excluding hydrogens is 587 g/mol. The van der Waals surface area contributed by atoms with Gasteiger partial charge in [-0.3, -0.25) is 19.3 Å². The molecule has 2 heterocycles. The monoisotopic (exact) mass is 623 g/mol. The Morgan fingerprint density at radius 2 is 1.76 bits per heavy atom. The molecule has 2 aliphatic heterocycles. The number of halogens is 4. The van der Waals surface area contributed by atoms with Crippen molar-refractivity contribution in [1.29, 1.82) is 0 Å². The van der Waals surface area contributed by atoms with Crippen LogP contribution in [0, 0.1) is 16.7 Å². The van der Waals surface area contributed by atoms with Gasteiger partial charge in [-0.1, -0.05) is 82.9 Å². The Morgan fingerprint density at radius 1 is 1.14 bits per heavy atom. The second-order valence-electron chi connectivity index (χ2n) is 13.1. The molecule has 3 atom stereocenters. The molecule has 2 N–H and O–H groups in total. The Labute approximate surface area is 255 Å². The zero-order valence-electron chi connectivity index (χ0n) is 24.6. The molecule has 1 saturated heterocycles. The maximum Gasteiger partial charge on any atom is 0.306 e. The van der Waals surface area contributed by atoms with E-state index in [9.17, 15) is 19.5 Å². The van der Waals surface area contributed by atoms with Gasteiger partial charge in [0.1, 0.15) is 5.54 Å². The summed E-state index contributed by atoms with van der Waals surface area (Å²) >= 11 is 12.6. The molecule has 0 saturated carbocycles. The molecule has 2 aromatic rings. The van der Waals surface area contributed by atoms with Crippen LogP contribution in [0.4, 0.5) is 20.2 Å². The van der Waals surface area contributed by atoms with Crippen LogP contribution in [0.15, 0.2) is 42.5 Å². The first-order chi connectivity index (χ1) is 19.3. The summed E-state index contributed by atoms with van der Waals surface area (Å²) in [5.41, 5.74) is -1.80. The van der Waals surface area contributed by atoms with E-state index in [0.717, 1.165) is 0 Å². The average molecular weight is 625 g/mol. The van der Waals surface area contributed by atoms with E-state index < -0.39 is 60.6 Å². The molecule has 2 amide bonds. The number of alkyl halides is 2. The SMILES string of the molecule is C[C@@H](C(=O)N(CC(C)(C)C(C)(C)C)c1ccccc1)[C@H]1CC(F)(F)CN1[C@@]1(CC(=O)O)C(=O)Nc2c(Cl)cc(Cl)cc21. The minimum absolute atomic E-state index is 0.0596. The van der Waals surface area contributed by atoms with Crippen LogP contribution < -0.4 is 10.2 Å². The largest absolute Gasteiger partial charge is 0.481 e. The van der Waals surface area contributed by atoms with Gasteiger partial charge in [0, 0.05) is 35.3 Å². The first-order valence-corrected chi connectivity index (χ1v) is 14.6. The fourth-order valence-electron chi connectivity index (χ4n) is 5.81. The topological polar surface area (TPSA) is 90.0 Å². The van der Waals surface area contributed by atoms with Crippen LogP contribution >= 0.6 is 23.2 Å². The molecule has 0 aromatic heterocycles. The van der Waals surface area contributed by atoms with Crippen molar-refractivity contribution >= 4 is 52.4 Å². The Balaban J connectivity index is 1.83. The van der Waals surface area contributed by atoms with E-state index in [2.05, 4.69) is 26.1 Å². The van der Waals surface area contributed by atoms with Gasteiger partial charge in [-0.25, -0.2) is 8.78 Å². The van der Waals surface area contributed by atoms with E-state index in [0.29, 0.717) is 12.2 Å². The number of nitrogens with one attached hydrogen (secondary N) is 1. The maximum absolute atomic E-state index is 15.3. The number of carboxylic acids is 1. The van der Waals surface area contributed by atoms with Crippen LogP contribution in [0.5, 0.6) is 0 Å². The van der Waals surface area contributed by atoms with Crippen LogP contribution in [0.3, 0.4) is 0 Å². The van der Waals surface area contributed by atoms with Gasteiger partial charge in [-0.2, -0.15) is 0 Å². The van der Waals surface area contributed by atoms with Crippen LogP contribution in [0.25, 0.3) is 0 Å². The number of amides is 2. The highest BCUT2D eigenvalue weighted by Crippen LogP contribution is 2.52. The molecule has 2 aromatic carbocycles. The molecule has 0 unspecified atom stereocenters. The van der Waals surface area contributed by atoms with E-state index in [1.54, 1.807) is 36.1 Å². The van der Waals surface area contributed by atoms with E-state index in [1.807, 2.05) is 19.9 Å². The molecule has 228 valence electrons. The summed E-state index contributed by atoms with van der Waals surface area (Å²) in [5, 5.41) is 12.7. The van der Waals surface area contributed by atoms with E-state index in [-0.39, 0.29) is 32.1 Å². The lowest BCUT2D eigenvalue weighted by molar-refractivity contribution is -0.147. The number of fused-ring (bicyclic) bond motifs is 1. The summed E-state index contributed by atoms with van der Waals surface area (Å²) in [7, 11) is 0. The van der Waals surface area contributed by atoms with Gasteiger partial charge in [-0.05, 0) is 35.1 Å². The van der Waals surface area contributed by atoms with E-state index >= 15 is 8.78 Å². The molecule has 0 aliphatic carbocycles. The third-order valence-corrected chi connectivity index (χ3v) is 9.72. The summed E-state index contributed by atoms with van der Waals surface area (Å²) in [4.78, 5) is 43.1. The number of hydrogen-bond acceptors (Lipinski definition) is 4. The number of hydrogen-bond donors (Lipinski definition) is 2. The normalized spacial score (nSPS) is 22.9. The zero-order chi connectivity index (χ0) is 31.4. The summed E-state index contributed by atoms with van der Waals surface area (Å²) < 4.78 is 30.7. The van der Waals surface area contributed by atoms with Crippen LogP contribution in [0.2, 0.25) is 10.0 Å². The van der Waals surface area contributed by atoms with Gasteiger partial charge in [0.2, 0.25) is 11.8 Å². The number of anilines is 2. The number of carboxylic acid groups (broad SMARTS) is 1. The highest BCUT2D eigenvalue weighted by atomic mass is 35.5. The number of benzene rings is 2. The van der Waals surface area contributed by atoms with Crippen LogP contribution in [-0.4, -0.2) is 52.8 Å². The average Bonchev–Trinajstić information content (AvgIpc) is 3.35. The first kappa shape index (κ1) is 32.2. The number of rotatable bonds is 8. The molecule has 42 heavy (non-hydrogen) atoms. The van der Waals surface area contributed by atoms with Crippen molar-refractivity contribution in [2.24, 2.45) is 16.7 Å². The van der Waals surface area contributed by atoms with Gasteiger partial charge >= 0.3 is 5.97 Å². The molecule has 0 bridgehead atoms. The molecule has 2 aliphatic rings. The Hall–Kier alpha value is -2.75. The maximum atomic E-state index is 15.3. The fourth-order valence-corrected chi connectivity index (χ4v) is 6.35. The van der Waals surface area contributed by atoms with Crippen molar-refractivity contribution in [2.75, 3.05) is 23.3 Å². The second-order valence-corrected chi connectivity index (χ2v) is 14.0. The number of carbonyl (C=O) groups excluding carboxylic acids is 2. The lowest BCUT2D eigenvalue weighted by Gasteiger charge is -2.45. The Kier molecular flexibility index (Phi) is 8.48. The van der Waals surface area contributed by atoms with Crippen molar-refractivity contribution in [3.63, 3.8) is 0 Å². The summed E-state index contributed by atoms with van der Waals surface area (Å²) in [6.07, 6.45) is -1.56. The predicted molar refractivity (Wildman–Crippen MR) is 160 cm³/mol. The van der Waals surface area contributed by atoms with Gasteiger partial charge in [-0.15, -0.1) is 0 Å². The molecule has 0 radical (unpaired) electrons. The number of para-hydroxylation sites is 1. The van der Waals surface area contributed by atoms with Gasteiger partial charge < -0.3 is 15.3 Å². The van der Waals surface area contributed by atoms with E-state index in [1.165, 1.54) is 17.0 Å². The minimum Gasteiger partial charge on any atom is -0.481 e. The van der Waals surface area contributed by atoms with Gasteiger partial charge in [0.25, 0.3) is 5.92 Å². The Morgan fingerprint density at radius 3 is 2.33 bits per heavy atom. The summed E-state index contributed by atoms with van der Waals surface area (Å²) in [6, 6.07) is 10.6. The molecule has 0 spiro atoms. The summed E-state index contributed by atoms with van der Waals surface area (Å²) in [5.74, 6) is -6.91. The molecule has 4 rings (SSSR count).